The zero-order valence-corrected chi connectivity index (χ0v) is 16.2. The maximum Gasteiger partial charge on any atom is 0.250 e. The SMILES string of the molecule is Cc1ccccc1-c1nnn(CC(=O)N2CC[C@@H](C)Sc3ccccc32)n1. The normalized spacial score (nSPS) is 16.7. The number of aromatic nitrogens is 4. The highest BCUT2D eigenvalue weighted by atomic mass is 32.2. The van der Waals surface area contributed by atoms with Gasteiger partial charge < -0.3 is 4.90 Å². The predicted molar refractivity (Wildman–Crippen MR) is 107 cm³/mol. The Kier molecular flexibility index (Phi) is 4.94. The number of hydrogen-bond donors (Lipinski definition) is 0. The van der Waals surface area contributed by atoms with E-state index in [1.54, 1.807) is 0 Å². The summed E-state index contributed by atoms with van der Waals surface area (Å²) >= 11 is 1.82. The highest BCUT2D eigenvalue weighted by Crippen LogP contribution is 2.37. The molecule has 27 heavy (non-hydrogen) atoms. The molecule has 0 saturated carbocycles. The minimum absolute atomic E-state index is 0.0223. The van der Waals surface area contributed by atoms with Crippen LogP contribution < -0.4 is 4.90 Å². The molecule has 0 fully saturated rings. The van der Waals surface area contributed by atoms with Crippen molar-refractivity contribution in [3.63, 3.8) is 0 Å². The van der Waals surface area contributed by atoms with Gasteiger partial charge in [0.2, 0.25) is 5.82 Å². The van der Waals surface area contributed by atoms with Gasteiger partial charge in [0.1, 0.15) is 6.54 Å². The fraction of sp³-hybridized carbons (Fsp3) is 0.300. The Balaban J connectivity index is 1.56. The first-order valence-electron chi connectivity index (χ1n) is 9.01. The van der Waals surface area contributed by atoms with Crippen LogP contribution in [0, 0.1) is 6.92 Å². The molecule has 1 aliphatic rings. The molecular formula is C20H21N5OS. The average molecular weight is 379 g/mol. The van der Waals surface area contributed by atoms with E-state index in [0.29, 0.717) is 17.6 Å². The van der Waals surface area contributed by atoms with Gasteiger partial charge in [0.05, 0.1) is 5.69 Å². The largest absolute Gasteiger partial charge is 0.310 e. The molecule has 1 atom stereocenters. The van der Waals surface area contributed by atoms with Crippen LogP contribution in [0.15, 0.2) is 53.4 Å². The average Bonchev–Trinajstić information content (AvgIpc) is 3.04. The minimum Gasteiger partial charge on any atom is -0.310 e. The summed E-state index contributed by atoms with van der Waals surface area (Å²) in [5, 5.41) is 13.1. The Morgan fingerprint density at radius 1 is 1.19 bits per heavy atom. The fourth-order valence-electron chi connectivity index (χ4n) is 3.19. The third kappa shape index (κ3) is 3.73. The molecule has 0 N–H and O–H groups in total. The van der Waals surface area contributed by atoms with E-state index in [4.69, 9.17) is 0 Å². The topological polar surface area (TPSA) is 63.9 Å². The molecule has 1 aromatic heterocycles. The van der Waals surface area contributed by atoms with E-state index in [-0.39, 0.29) is 12.5 Å². The summed E-state index contributed by atoms with van der Waals surface area (Å²) in [4.78, 5) is 17.4. The van der Waals surface area contributed by atoms with Gasteiger partial charge in [0, 0.05) is 22.3 Å². The zero-order valence-electron chi connectivity index (χ0n) is 15.4. The van der Waals surface area contributed by atoms with E-state index < -0.39 is 0 Å². The number of carbonyl (C=O) groups excluding carboxylic acids is 1. The number of hydrogen-bond acceptors (Lipinski definition) is 5. The third-order valence-electron chi connectivity index (χ3n) is 4.66. The molecule has 0 unspecified atom stereocenters. The zero-order chi connectivity index (χ0) is 18.8. The highest BCUT2D eigenvalue weighted by Gasteiger charge is 2.24. The summed E-state index contributed by atoms with van der Waals surface area (Å²) in [5.74, 6) is 0.521. The van der Waals surface area contributed by atoms with Gasteiger partial charge in [-0.15, -0.1) is 22.0 Å². The van der Waals surface area contributed by atoms with Crippen molar-refractivity contribution in [1.82, 2.24) is 20.2 Å². The van der Waals surface area contributed by atoms with Gasteiger partial charge in [-0.25, -0.2) is 0 Å². The lowest BCUT2D eigenvalue weighted by Gasteiger charge is -2.22. The molecule has 1 amide bonds. The minimum atomic E-state index is -0.0223. The van der Waals surface area contributed by atoms with E-state index in [1.807, 2.05) is 66.1 Å². The first kappa shape index (κ1) is 17.7. The molecule has 0 radical (unpaired) electrons. The van der Waals surface area contributed by atoms with Crippen LogP contribution >= 0.6 is 11.8 Å². The molecule has 4 rings (SSSR count). The molecule has 2 aromatic carbocycles. The lowest BCUT2D eigenvalue weighted by molar-refractivity contribution is -0.119. The molecule has 1 aliphatic heterocycles. The van der Waals surface area contributed by atoms with Crippen LogP contribution in [0.5, 0.6) is 0 Å². The van der Waals surface area contributed by atoms with Crippen LogP contribution in [0.3, 0.4) is 0 Å². The van der Waals surface area contributed by atoms with Gasteiger partial charge in [-0.3, -0.25) is 4.79 Å². The molecule has 138 valence electrons. The second-order valence-corrected chi connectivity index (χ2v) is 8.17. The van der Waals surface area contributed by atoms with Crippen LogP contribution in [0.1, 0.15) is 18.9 Å². The summed E-state index contributed by atoms with van der Waals surface area (Å²) in [7, 11) is 0. The van der Waals surface area contributed by atoms with E-state index in [1.165, 1.54) is 4.80 Å². The number of tetrazole rings is 1. The Bertz CT molecular complexity index is 970. The second kappa shape index (κ2) is 7.52. The first-order valence-corrected chi connectivity index (χ1v) is 9.89. The lowest BCUT2D eigenvalue weighted by Crippen LogP contribution is -2.35. The van der Waals surface area contributed by atoms with Crippen molar-refractivity contribution in [3.8, 4) is 11.4 Å². The number of anilines is 1. The maximum atomic E-state index is 13.0. The summed E-state index contributed by atoms with van der Waals surface area (Å²) in [5.41, 5.74) is 2.98. The maximum absolute atomic E-state index is 13.0. The molecule has 0 aliphatic carbocycles. The number of carbonyl (C=O) groups is 1. The number of thioether (sulfide) groups is 1. The standard InChI is InChI=1S/C20H21N5OS/c1-14-7-3-4-8-16(14)20-21-23-25(22-20)13-19(26)24-12-11-15(2)27-18-10-6-5-9-17(18)24/h3-10,15H,11-13H2,1-2H3/t15-/m1/s1. The van der Waals surface area contributed by atoms with Gasteiger partial charge in [-0.1, -0.05) is 43.3 Å². The van der Waals surface area contributed by atoms with Gasteiger partial charge in [0.25, 0.3) is 5.91 Å². The molecule has 3 aromatic rings. The lowest BCUT2D eigenvalue weighted by atomic mass is 10.1. The van der Waals surface area contributed by atoms with Crippen molar-refractivity contribution in [2.45, 2.75) is 37.0 Å². The Hall–Kier alpha value is -2.67. The van der Waals surface area contributed by atoms with Crippen LogP contribution in [-0.4, -0.2) is 37.9 Å². The smallest absolute Gasteiger partial charge is 0.250 e. The molecule has 0 spiro atoms. The third-order valence-corrected chi connectivity index (χ3v) is 5.90. The van der Waals surface area contributed by atoms with Crippen molar-refractivity contribution >= 4 is 23.4 Å². The van der Waals surface area contributed by atoms with Crippen molar-refractivity contribution < 1.29 is 4.79 Å². The number of amides is 1. The number of nitrogens with zero attached hydrogens (tertiary/aromatic N) is 5. The van der Waals surface area contributed by atoms with Crippen molar-refractivity contribution in [1.29, 1.82) is 0 Å². The Labute approximate surface area is 162 Å². The summed E-state index contributed by atoms with van der Waals surface area (Å²) < 4.78 is 0. The molecule has 0 saturated heterocycles. The number of benzene rings is 2. The molecule has 6 nitrogen and oxygen atoms in total. The van der Waals surface area contributed by atoms with Crippen LogP contribution in [0.2, 0.25) is 0 Å². The molecule has 2 heterocycles. The molecule has 0 bridgehead atoms. The van der Waals surface area contributed by atoms with Gasteiger partial charge in [-0.05, 0) is 36.3 Å². The quantitative estimate of drug-likeness (QED) is 0.696. The monoisotopic (exact) mass is 379 g/mol. The number of aryl methyl sites for hydroxylation is 1. The summed E-state index contributed by atoms with van der Waals surface area (Å²) in [6, 6.07) is 16.0. The van der Waals surface area contributed by atoms with Gasteiger partial charge >= 0.3 is 0 Å². The van der Waals surface area contributed by atoms with Crippen molar-refractivity contribution in [2.75, 3.05) is 11.4 Å². The fourth-order valence-corrected chi connectivity index (χ4v) is 4.31. The van der Waals surface area contributed by atoms with Gasteiger partial charge in [-0.2, -0.15) is 4.80 Å². The van der Waals surface area contributed by atoms with Crippen molar-refractivity contribution in [3.05, 3.63) is 54.1 Å². The van der Waals surface area contributed by atoms with Crippen LogP contribution in [-0.2, 0) is 11.3 Å². The van der Waals surface area contributed by atoms with E-state index in [0.717, 1.165) is 28.1 Å². The van der Waals surface area contributed by atoms with E-state index in [9.17, 15) is 4.79 Å². The highest BCUT2D eigenvalue weighted by molar-refractivity contribution is 8.00. The summed E-state index contributed by atoms with van der Waals surface area (Å²) in [6.45, 7) is 4.98. The van der Waals surface area contributed by atoms with Crippen LogP contribution in [0.4, 0.5) is 5.69 Å². The number of fused-ring (bicyclic) bond motifs is 1. The second-order valence-electron chi connectivity index (χ2n) is 6.69. The number of para-hydroxylation sites is 1. The van der Waals surface area contributed by atoms with E-state index >= 15 is 0 Å². The van der Waals surface area contributed by atoms with E-state index in [2.05, 4.69) is 28.4 Å². The molecule has 7 heteroatoms. The first-order chi connectivity index (χ1) is 13.1. The predicted octanol–water partition coefficient (Wildman–Crippen LogP) is 3.57. The Morgan fingerprint density at radius 2 is 1.96 bits per heavy atom. The summed E-state index contributed by atoms with van der Waals surface area (Å²) in [6.07, 6.45) is 0.949. The molecular weight excluding hydrogens is 358 g/mol. The Morgan fingerprint density at radius 3 is 2.81 bits per heavy atom. The van der Waals surface area contributed by atoms with Gasteiger partial charge in [0.15, 0.2) is 0 Å². The van der Waals surface area contributed by atoms with Crippen LogP contribution in [0.25, 0.3) is 11.4 Å². The van der Waals surface area contributed by atoms with Crippen molar-refractivity contribution in [2.24, 2.45) is 0 Å². The number of rotatable bonds is 3.